The number of nitrogens with zero attached hydrogens (tertiary/aromatic N) is 3. The number of nitrogen functional groups attached to an aromatic ring is 1. The number of anilines is 1. The van der Waals surface area contributed by atoms with Crippen molar-refractivity contribution in [3.05, 3.63) is 89.9 Å². The minimum Gasteiger partial charge on any atom is -0.477 e. The third-order valence-electron chi connectivity index (χ3n) is 5.62. The van der Waals surface area contributed by atoms with Crippen molar-refractivity contribution in [2.75, 3.05) is 12.3 Å². The van der Waals surface area contributed by atoms with Gasteiger partial charge < -0.3 is 19.0 Å². The van der Waals surface area contributed by atoms with Crippen molar-refractivity contribution in [2.45, 2.75) is 32.4 Å². The number of phosphoric acid groups is 1. The Morgan fingerprint density at radius 2 is 1.89 bits per heavy atom. The highest BCUT2D eigenvalue weighted by Crippen LogP contribution is 2.35. The number of aromatic nitrogens is 3. The number of hydrogen-bond donors (Lipinski definition) is 3. The summed E-state index contributed by atoms with van der Waals surface area (Å²) in [6.45, 7) is 4.34. The normalized spacial score (nSPS) is 12.0. The van der Waals surface area contributed by atoms with Crippen LogP contribution in [0.4, 0.5) is 5.82 Å². The number of rotatable bonds is 10. The molecule has 36 heavy (non-hydrogen) atoms. The quantitative estimate of drug-likeness (QED) is 0.215. The molecule has 0 spiro atoms. The Bertz CT molecular complexity index is 1350. The molecule has 3 heterocycles. The van der Waals surface area contributed by atoms with E-state index in [1.807, 2.05) is 30.3 Å². The highest BCUT2D eigenvalue weighted by atomic mass is 31.2. The molecule has 0 saturated carbocycles. The molecule has 3 aromatic heterocycles. The maximum atomic E-state index is 11.0. The van der Waals surface area contributed by atoms with Crippen molar-refractivity contribution in [1.29, 1.82) is 0 Å². The molecule has 4 N–H and O–H groups in total. The summed E-state index contributed by atoms with van der Waals surface area (Å²) in [6, 6.07) is 19.1. The fraction of sp³-hybridized carbons (Fsp3) is 0.240. The van der Waals surface area contributed by atoms with Crippen LogP contribution in [0, 0.1) is 0 Å². The number of hydrogen-bond acceptors (Lipinski definition) is 7. The molecule has 0 radical (unpaired) electrons. The van der Waals surface area contributed by atoms with E-state index in [0.29, 0.717) is 35.9 Å². The second-order valence-electron chi connectivity index (χ2n) is 8.93. The topological polar surface area (TPSA) is 145 Å². The van der Waals surface area contributed by atoms with Crippen LogP contribution in [0.2, 0.25) is 0 Å². The van der Waals surface area contributed by atoms with E-state index in [2.05, 4.69) is 40.6 Å². The molecule has 4 rings (SSSR count). The Morgan fingerprint density at radius 1 is 1.11 bits per heavy atom. The average Bonchev–Trinajstić information content (AvgIpc) is 3.31. The van der Waals surface area contributed by atoms with Gasteiger partial charge in [-0.2, -0.15) is 0 Å². The van der Waals surface area contributed by atoms with Crippen LogP contribution in [0.1, 0.15) is 30.7 Å². The van der Waals surface area contributed by atoms with E-state index in [1.54, 1.807) is 30.6 Å². The molecule has 10 nitrogen and oxygen atoms in total. The van der Waals surface area contributed by atoms with Crippen molar-refractivity contribution in [3.8, 4) is 17.2 Å². The molecule has 0 aliphatic carbocycles. The lowest BCUT2D eigenvalue weighted by atomic mass is 9.86. The predicted octanol–water partition coefficient (Wildman–Crippen LogP) is 3.62. The molecular weight excluding hydrogens is 483 g/mol. The summed E-state index contributed by atoms with van der Waals surface area (Å²) in [5.74, 6) is 1.18. The summed E-state index contributed by atoms with van der Waals surface area (Å²) in [7, 11) is -4.63. The Labute approximate surface area is 208 Å². The molecule has 0 unspecified atom stereocenters. The number of phosphoric ester groups is 1. The van der Waals surface area contributed by atoms with Crippen LogP contribution in [0.25, 0.3) is 11.3 Å². The summed E-state index contributed by atoms with van der Waals surface area (Å²) < 4.78 is 28.3. The molecule has 188 valence electrons. The summed E-state index contributed by atoms with van der Waals surface area (Å²) in [5, 5.41) is 4.11. The SMILES string of the molecule is CC(C)(COc1ccc(Cc2cc(-c3ccc[n+](COP(=O)(O)O)c3N)on2)cn1)c1ccccc1. The van der Waals surface area contributed by atoms with E-state index in [4.69, 9.17) is 24.8 Å². The van der Waals surface area contributed by atoms with Gasteiger partial charge >= 0.3 is 7.82 Å². The first-order valence-corrected chi connectivity index (χ1v) is 12.7. The smallest absolute Gasteiger partial charge is 0.472 e. The Hall–Kier alpha value is -3.56. The maximum Gasteiger partial charge on any atom is 0.472 e. The van der Waals surface area contributed by atoms with Gasteiger partial charge in [0.2, 0.25) is 12.6 Å². The number of nitrogens with two attached hydrogens (primary N) is 1. The van der Waals surface area contributed by atoms with Gasteiger partial charge in [-0.05, 0) is 23.3 Å². The molecule has 0 aliphatic rings. The van der Waals surface area contributed by atoms with Crippen LogP contribution in [0.15, 0.2) is 77.6 Å². The first-order valence-electron chi connectivity index (χ1n) is 11.2. The van der Waals surface area contributed by atoms with Gasteiger partial charge in [0.05, 0.1) is 18.5 Å². The molecule has 4 aromatic rings. The summed E-state index contributed by atoms with van der Waals surface area (Å²) in [6.07, 6.45) is 3.77. The molecule has 1 aromatic carbocycles. The van der Waals surface area contributed by atoms with E-state index in [1.165, 1.54) is 10.1 Å². The van der Waals surface area contributed by atoms with Gasteiger partial charge in [-0.1, -0.05) is 55.4 Å². The zero-order chi connectivity index (χ0) is 25.8. The van der Waals surface area contributed by atoms with Crippen LogP contribution in [-0.4, -0.2) is 26.5 Å². The van der Waals surface area contributed by atoms with Gasteiger partial charge in [0.25, 0.3) is 5.82 Å². The maximum absolute atomic E-state index is 11.0. The van der Waals surface area contributed by atoms with Gasteiger partial charge in [-0.3, -0.25) is 5.73 Å². The first kappa shape index (κ1) is 25.5. The van der Waals surface area contributed by atoms with E-state index in [-0.39, 0.29) is 11.2 Å². The van der Waals surface area contributed by atoms with E-state index >= 15 is 0 Å². The fourth-order valence-electron chi connectivity index (χ4n) is 3.58. The molecule has 0 aliphatic heterocycles. The Balaban J connectivity index is 1.39. The van der Waals surface area contributed by atoms with Crippen molar-refractivity contribution in [1.82, 2.24) is 10.1 Å². The van der Waals surface area contributed by atoms with E-state index in [9.17, 15) is 4.57 Å². The molecule has 0 fully saturated rings. The molecule has 0 saturated heterocycles. The molecular formula is C25H28N4O6P+. The van der Waals surface area contributed by atoms with Gasteiger partial charge in [0.1, 0.15) is 5.56 Å². The average molecular weight is 511 g/mol. The van der Waals surface area contributed by atoms with E-state index < -0.39 is 14.6 Å². The van der Waals surface area contributed by atoms with E-state index in [0.717, 1.165) is 5.56 Å². The van der Waals surface area contributed by atoms with Crippen LogP contribution in [-0.2, 0) is 27.7 Å². The third-order valence-corrected chi connectivity index (χ3v) is 6.07. The second-order valence-corrected chi connectivity index (χ2v) is 10.2. The Kier molecular flexibility index (Phi) is 7.51. The lowest BCUT2D eigenvalue weighted by Gasteiger charge is -2.25. The second kappa shape index (κ2) is 10.6. The number of benzene rings is 1. The monoisotopic (exact) mass is 511 g/mol. The van der Waals surface area contributed by atoms with Crippen molar-refractivity contribution >= 4 is 13.6 Å². The summed E-state index contributed by atoms with van der Waals surface area (Å²) in [4.78, 5) is 22.3. The highest BCUT2D eigenvalue weighted by Gasteiger charge is 2.22. The standard InChI is InChI=1S/C25H27N4O6P/c1-25(2,19-7-4-3-5-8-19)16-33-23-11-10-18(15-27-23)13-20-14-22(35-28-20)21-9-6-12-29(24(21)26)17-34-36(30,31)32/h3-12,14-15,26H,13,16-17H2,1-2H3,(H2,30,31,32)/p+1. The lowest BCUT2D eigenvalue weighted by molar-refractivity contribution is -0.711. The van der Waals surface area contributed by atoms with Gasteiger partial charge in [0, 0.05) is 30.2 Å². The molecule has 0 bridgehead atoms. The molecule has 0 atom stereocenters. The van der Waals surface area contributed by atoms with Gasteiger partial charge in [-0.15, -0.1) is 0 Å². The zero-order valence-corrected chi connectivity index (χ0v) is 20.8. The van der Waals surface area contributed by atoms with Crippen LogP contribution >= 0.6 is 7.82 Å². The molecule has 0 amide bonds. The predicted molar refractivity (Wildman–Crippen MR) is 132 cm³/mol. The van der Waals surface area contributed by atoms with Crippen LogP contribution < -0.4 is 15.0 Å². The summed E-state index contributed by atoms with van der Waals surface area (Å²) in [5.41, 5.74) is 9.30. The largest absolute Gasteiger partial charge is 0.477 e. The van der Waals surface area contributed by atoms with Gasteiger partial charge in [0.15, 0.2) is 5.76 Å². The fourth-order valence-corrected chi connectivity index (χ4v) is 3.86. The van der Waals surface area contributed by atoms with Crippen molar-refractivity contribution < 1.29 is 32.7 Å². The van der Waals surface area contributed by atoms with Crippen LogP contribution in [0.5, 0.6) is 5.88 Å². The third kappa shape index (κ3) is 6.56. The minimum atomic E-state index is -4.63. The highest BCUT2D eigenvalue weighted by molar-refractivity contribution is 7.46. The van der Waals surface area contributed by atoms with Crippen LogP contribution in [0.3, 0.4) is 0 Å². The Morgan fingerprint density at radius 3 is 2.58 bits per heavy atom. The van der Waals surface area contributed by atoms with Crippen molar-refractivity contribution in [3.63, 3.8) is 0 Å². The minimum absolute atomic E-state index is 0.155. The van der Waals surface area contributed by atoms with Crippen molar-refractivity contribution in [2.24, 2.45) is 0 Å². The van der Waals surface area contributed by atoms with Gasteiger partial charge in [-0.25, -0.2) is 18.6 Å². The summed E-state index contributed by atoms with van der Waals surface area (Å²) >= 11 is 0. The number of pyridine rings is 2. The zero-order valence-electron chi connectivity index (χ0n) is 19.9. The molecule has 11 heteroatoms. The first-order chi connectivity index (χ1) is 17.1. The number of ether oxygens (including phenoxy) is 1. The lowest BCUT2D eigenvalue weighted by Crippen LogP contribution is -2.38.